The third-order valence-corrected chi connectivity index (χ3v) is 8.28. The van der Waals surface area contributed by atoms with Crippen molar-refractivity contribution < 1.29 is 39.1 Å². The number of esters is 1. The fourth-order valence-corrected chi connectivity index (χ4v) is 5.66. The average Bonchev–Trinajstić information content (AvgIpc) is 2.84. The number of aliphatic hydroxyl groups excluding tert-OH is 2. The van der Waals surface area contributed by atoms with Crippen molar-refractivity contribution in [2.45, 2.75) is 130 Å². The van der Waals surface area contributed by atoms with Crippen LogP contribution in [-0.2, 0) is 23.8 Å². The molecule has 0 saturated carbocycles. The van der Waals surface area contributed by atoms with E-state index in [-0.39, 0.29) is 42.5 Å². The van der Waals surface area contributed by atoms with E-state index in [0.717, 1.165) is 5.57 Å². The fraction of sp³-hybridized carbons (Fsp3) is 0.800. The minimum Gasteiger partial charge on any atom is -0.462 e. The number of hydrogen-bond acceptors (Lipinski definition) is 8. The summed E-state index contributed by atoms with van der Waals surface area (Å²) in [6, 6.07) is 0. The summed E-state index contributed by atoms with van der Waals surface area (Å²) in [7, 11) is 0. The first-order valence-electron chi connectivity index (χ1n) is 14.2. The molecule has 0 radical (unpaired) electrons. The van der Waals surface area contributed by atoms with Gasteiger partial charge in [0.25, 0.3) is 0 Å². The zero-order chi connectivity index (χ0) is 28.8. The van der Waals surface area contributed by atoms with E-state index in [4.69, 9.17) is 14.2 Å². The Balaban J connectivity index is 2.41. The van der Waals surface area contributed by atoms with Crippen molar-refractivity contribution >= 4 is 11.8 Å². The lowest BCUT2D eigenvalue weighted by Crippen LogP contribution is -2.56. The first-order chi connectivity index (χ1) is 17.7. The normalized spacial score (nSPS) is 42.4. The zero-order valence-corrected chi connectivity index (χ0v) is 24.4. The lowest BCUT2D eigenvalue weighted by atomic mass is 9.79. The summed E-state index contributed by atoms with van der Waals surface area (Å²) in [4.78, 5) is 25.9. The number of ketones is 1. The van der Waals surface area contributed by atoms with Crippen LogP contribution in [0.3, 0.4) is 0 Å². The van der Waals surface area contributed by atoms with Crippen LogP contribution < -0.4 is 0 Å². The predicted molar refractivity (Wildman–Crippen MR) is 145 cm³/mol. The van der Waals surface area contributed by atoms with Crippen molar-refractivity contribution in [2.24, 2.45) is 23.7 Å². The minimum absolute atomic E-state index is 0.00922. The second kappa shape index (κ2) is 14.2. The van der Waals surface area contributed by atoms with E-state index < -0.39 is 48.2 Å². The van der Waals surface area contributed by atoms with Crippen molar-refractivity contribution in [2.75, 3.05) is 0 Å². The van der Waals surface area contributed by atoms with E-state index in [1.54, 1.807) is 19.9 Å². The Bertz CT molecular complexity index is 849. The molecule has 3 N–H and O–H groups in total. The van der Waals surface area contributed by atoms with Gasteiger partial charge in [-0.25, -0.2) is 0 Å². The van der Waals surface area contributed by atoms with Gasteiger partial charge in [-0.2, -0.15) is 0 Å². The topological polar surface area (TPSA) is 123 Å². The quantitative estimate of drug-likeness (QED) is 0.457. The van der Waals surface area contributed by atoms with Crippen LogP contribution in [0.15, 0.2) is 23.8 Å². The molecule has 2 rings (SSSR count). The largest absolute Gasteiger partial charge is 0.462 e. The van der Waals surface area contributed by atoms with Gasteiger partial charge < -0.3 is 29.5 Å². The highest BCUT2D eigenvalue weighted by atomic mass is 16.7. The van der Waals surface area contributed by atoms with E-state index in [1.807, 2.05) is 53.7 Å². The number of hydrogen-bond donors (Lipinski definition) is 3. The van der Waals surface area contributed by atoms with E-state index >= 15 is 0 Å². The van der Waals surface area contributed by atoms with E-state index in [2.05, 4.69) is 0 Å². The number of ether oxygens (including phenoxy) is 3. The summed E-state index contributed by atoms with van der Waals surface area (Å²) in [5.74, 6) is -1.43. The fourth-order valence-electron chi connectivity index (χ4n) is 5.66. The SMILES string of the molecule is CCC1CC(C)C(=O)C=CC(C)=CC(C)C(CC)OC(=O)CC(O)C(C)C1OC1CC(C)(O)C(O)C(C)O1. The van der Waals surface area contributed by atoms with Crippen molar-refractivity contribution in [1.82, 2.24) is 0 Å². The van der Waals surface area contributed by atoms with Crippen LogP contribution in [0.1, 0.15) is 87.5 Å². The Morgan fingerprint density at radius 2 is 1.74 bits per heavy atom. The van der Waals surface area contributed by atoms with E-state index in [9.17, 15) is 24.9 Å². The molecule has 0 amide bonds. The summed E-state index contributed by atoms with van der Waals surface area (Å²) in [6.45, 7) is 14.8. The summed E-state index contributed by atoms with van der Waals surface area (Å²) < 4.78 is 18.1. The van der Waals surface area contributed by atoms with Gasteiger partial charge >= 0.3 is 5.97 Å². The van der Waals surface area contributed by atoms with Crippen LogP contribution >= 0.6 is 0 Å². The highest BCUT2D eigenvalue weighted by molar-refractivity contribution is 5.91. The average molecular weight is 539 g/mol. The van der Waals surface area contributed by atoms with E-state index in [1.165, 1.54) is 0 Å². The van der Waals surface area contributed by atoms with Gasteiger partial charge in [0.2, 0.25) is 0 Å². The summed E-state index contributed by atoms with van der Waals surface area (Å²) in [5.41, 5.74) is -0.487. The van der Waals surface area contributed by atoms with Crippen LogP contribution in [0, 0.1) is 23.7 Å². The first kappa shape index (κ1) is 32.6. The van der Waals surface area contributed by atoms with Gasteiger partial charge in [-0.15, -0.1) is 0 Å². The van der Waals surface area contributed by atoms with Crippen LogP contribution in [0.25, 0.3) is 0 Å². The van der Waals surface area contributed by atoms with Crippen molar-refractivity contribution in [3.05, 3.63) is 23.8 Å². The molecular weight excluding hydrogens is 488 g/mol. The molecule has 1 saturated heterocycles. The second-order valence-corrected chi connectivity index (χ2v) is 11.8. The molecule has 8 nitrogen and oxygen atoms in total. The number of carbonyl (C=O) groups excluding carboxylic acids is 2. The molecule has 2 aliphatic heterocycles. The first-order valence-corrected chi connectivity index (χ1v) is 14.2. The monoisotopic (exact) mass is 538 g/mol. The molecule has 218 valence electrons. The predicted octanol–water partition coefficient (Wildman–Crippen LogP) is 4.10. The van der Waals surface area contributed by atoms with Gasteiger partial charge in [0.15, 0.2) is 12.1 Å². The second-order valence-electron chi connectivity index (χ2n) is 11.8. The Labute approximate surface area is 228 Å². The van der Waals surface area contributed by atoms with Crippen LogP contribution in [-0.4, -0.2) is 69.5 Å². The molecule has 2 heterocycles. The number of allylic oxidation sites excluding steroid dienone is 3. The Hall–Kier alpha value is -1.58. The number of cyclic esters (lactones) is 1. The highest BCUT2D eigenvalue weighted by Crippen LogP contribution is 2.35. The molecule has 0 aromatic rings. The molecule has 0 spiro atoms. The Morgan fingerprint density at radius 3 is 2.32 bits per heavy atom. The van der Waals surface area contributed by atoms with Crippen molar-refractivity contribution in [1.29, 1.82) is 0 Å². The molecular formula is C30H50O8. The van der Waals surface area contributed by atoms with Gasteiger partial charge in [0, 0.05) is 24.2 Å². The maximum Gasteiger partial charge on any atom is 0.308 e. The van der Waals surface area contributed by atoms with E-state index in [0.29, 0.717) is 19.3 Å². The molecule has 1 fully saturated rings. The molecule has 0 aromatic carbocycles. The molecule has 0 aliphatic carbocycles. The highest BCUT2D eigenvalue weighted by Gasteiger charge is 2.45. The van der Waals surface area contributed by atoms with Gasteiger partial charge in [-0.3, -0.25) is 9.59 Å². The summed E-state index contributed by atoms with van der Waals surface area (Å²) >= 11 is 0. The molecule has 11 unspecified atom stereocenters. The third kappa shape index (κ3) is 8.71. The van der Waals surface area contributed by atoms with Crippen molar-refractivity contribution in [3.8, 4) is 0 Å². The van der Waals surface area contributed by atoms with Gasteiger partial charge in [0.05, 0.1) is 30.3 Å². The lowest BCUT2D eigenvalue weighted by molar-refractivity contribution is -0.294. The van der Waals surface area contributed by atoms with Crippen LogP contribution in [0.5, 0.6) is 0 Å². The molecule has 38 heavy (non-hydrogen) atoms. The number of carbonyl (C=O) groups is 2. The van der Waals surface area contributed by atoms with Crippen LogP contribution in [0.2, 0.25) is 0 Å². The lowest BCUT2D eigenvalue weighted by Gasteiger charge is -2.44. The molecule has 8 heteroatoms. The Morgan fingerprint density at radius 1 is 1.08 bits per heavy atom. The minimum atomic E-state index is -1.40. The van der Waals surface area contributed by atoms with Gasteiger partial charge in [0.1, 0.15) is 12.2 Å². The summed E-state index contributed by atoms with van der Waals surface area (Å²) in [5, 5.41) is 32.2. The van der Waals surface area contributed by atoms with Crippen molar-refractivity contribution in [3.63, 3.8) is 0 Å². The maximum atomic E-state index is 13.0. The standard InChI is InChI=1S/C30H50O8/c1-9-22-14-18(4)23(31)12-11-17(3)13-19(5)25(10-2)37-26(33)15-24(32)20(6)28(22)38-27-16-30(8,35)29(34)21(7)36-27/h11-13,18-22,24-25,27-29,32,34-35H,9-10,14-16H2,1-8H3. The number of aliphatic hydroxyl groups is 3. The van der Waals surface area contributed by atoms with Crippen LogP contribution in [0.4, 0.5) is 0 Å². The maximum absolute atomic E-state index is 13.0. The Kier molecular flexibility index (Phi) is 12.2. The zero-order valence-electron chi connectivity index (χ0n) is 24.4. The number of rotatable bonds is 4. The smallest absolute Gasteiger partial charge is 0.308 e. The summed E-state index contributed by atoms with van der Waals surface area (Å²) in [6.07, 6.45) is 2.59. The molecule has 11 atom stereocenters. The van der Waals surface area contributed by atoms with Gasteiger partial charge in [-0.1, -0.05) is 58.8 Å². The van der Waals surface area contributed by atoms with Gasteiger partial charge in [-0.05, 0) is 45.6 Å². The third-order valence-electron chi connectivity index (χ3n) is 8.28. The molecule has 0 bridgehead atoms. The molecule has 2 aliphatic rings. The molecule has 0 aromatic heterocycles.